The van der Waals surface area contributed by atoms with Crippen LogP contribution in [0.25, 0.3) is 0 Å². The summed E-state index contributed by atoms with van der Waals surface area (Å²) in [7, 11) is 0. The first-order valence-corrected chi connectivity index (χ1v) is 9.28. The molecule has 0 atom stereocenters. The van der Waals surface area contributed by atoms with Gasteiger partial charge in [-0.1, -0.05) is 25.3 Å². The van der Waals surface area contributed by atoms with Crippen LogP contribution in [-0.2, 0) is 19.1 Å². The Bertz CT molecular complexity index is 681. The summed E-state index contributed by atoms with van der Waals surface area (Å²) in [6, 6.07) is 8.01. The second-order valence-corrected chi connectivity index (χ2v) is 6.99. The van der Waals surface area contributed by atoms with Crippen molar-refractivity contribution in [1.29, 1.82) is 0 Å². The Morgan fingerprint density at radius 3 is 2.07 bits per heavy atom. The zero-order chi connectivity index (χ0) is 19.8. The van der Waals surface area contributed by atoms with Crippen LogP contribution in [0.5, 0.6) is 5.75 Å². The normalized spacial score (nSPS) is 19.0. The first-order chi connectivity index (χ1) is 12.9. The van der Waals surface area contributed by atoms with Gasteiger partial charge in [-0.25, -0.2) is 9.59 Å². The maximum atomic E-state index is 11.6. The third-order valence-electron chi connectivity index (χ3n) is 4.58. The summed E-state index contributed by atoms with van der Waals surface area (Å²) in [5.74, 6) is 0.511. The second-order valence-electron chi connectivity index (χ2n) is 6.99. The summed E-state index contributed by atoms with van der Waals surface area (Å²) in [5.41, 5.74) is 2.09. The van der Waals surface area contributed by atoms with Gasteiger partial charge in [-0.15, -0.1) is 0 Å². The summed E-state index contributed by atoms with van der Waals surface area (Å²) in [4.78, 5) is 22.9. The van der Waals surface area contributed by atoms with Gasteiger partial charge in [0.2, 0.25) is 0 Å². The van der Waals surface area contributed by atoms with Gasteiger partial charge in [-0.2, -0.15) is 0 Å². The molecule has 0 saturated heterocycles. The van der Waals surface area contributed by atoms with Crippen molar-refractivity contribution in [1.82, 2.24) is 0 Å². The van der Waals surface area contributed by atoms with Gasteiger partial charge in [-0.3, -0.25) is 0 Å². The average molecular weight is 372 g/mol. The lowest BCUT2D eigenvalue weighted by Crippen LogP contribution is -2.24. The van der Waals surface area contributed by atoms with Gasteiger partial charge in [0.05, 0.1) is 0 Å². The molecule has 1 aromatic rings. The number of hydrogen-bond donors (Lipinski definition) is 0. The number of ether oxygens (including phenoxy) is 3. The fourth-order valence-corrected chi connectivity index (χ4v) is 3.02. The Balaban J connectivity index is 1.74. The summed E-state index contributed by atoms with van der Waals surface area (Å²) in [6.07, 6.45) is 3.72. The molecule has 0 amide bonds. The lowest BCUT2D eigenvalue weighted by atomic mass is 9.83. The molecule has 1 aliphatic rings. The standard InChI is InChI=1S/C22H28O5/c1-15(2)21(23)26-14-13-25-19-9-5-17(6-10-19)18-7-11-20(12-8-18)27-22(24)16(3)4/h5-6,9-10,18,20H,1,3,7-8,11-14H2,2,4H3. The van der Waals surface area contributed by atoms with Gasteiger partial charge in [-0.05, 0) is 63.1 Å². The zero-order valence-corrected chi connectivity index (χ0v) is 16.2. The smallest absolute Gasteiger partial charge is 0.333 e. The molecule has 0 bridgehead atoms. The molecule has 0 radical (unpaired) electrons. The van der Waals surface area contributed by atoms with E-state index in [1.165, 1.54) is 5.56 Å². The minimum Gasteiger partial charge on any atom is -0.490 e. The SMILES string of the molecule is C=C(C)C(=O)OCCOc1ccc(C2CCC(OC(=O)C(=C)C)CC2)cc1. The highest BCUT2D eigenvalue weighted by Gasteiger charge is 2.25. The highest BCUT2D eigenvalue weighted by molar-refractivity contribution is 5.87. The number of hydrogen-bond acceptors (Lipinski definition) is 5. The van der Waals surface area contributed by atoms with E-state index in [-0.39, 0.29) is 18.7 Å². The minimum atomic E-state index is -0.404. The van der Waals surface area contributed by atoms with Crippen molar-refractivity contribution in [3.8, 4) is 5.75 Å². The van der Waals surface area contributed by atoms with E-state index < -0.39 is 5.97 Å². The monoisotopic (exact) mass is 372 g/mol. The molecule has 1 saturated carbocycles. The zero-order valence-electron chi connectivity index (χ0n) is 16.2. The van der Waals surface area contributed by atoms with E-state index in [0.29, 0.717) is 23.7 Å². The molecule has 5 heteroatoms. The Kier molecular flexibility index (Phi) is 7.65. The third kappa shape index (κ3) is 6.59. The van der Waals surface area contributed by atoms with Crippen LogP contribution in [-0.4, -0.2) is 31.3 Å². The van der Waals surface area contributed by atoms with Crippen LogP contribution in [0.4, 0.5) is 0 Å². The summed E-state index contributed by atoms with van der Waals surface area (Å²) >= 11 is 0. The highest BCUT2D eigenvalue weighted by atomic mass is 16.6. The van der Waals surface area contributed by atoms with E-state index in [4.69, 9.17) is 14.2 Å². The van der Waals surface area contributed by atoms with E-state index in [0.717, 1.165) is 31.4 Å². The van der Waals surface area contributed by atoms with Crippen molar-refractivity contribution in [3.63, 3.8) is 0 Å². The van der Waals surface area contributed by atoms with Crippen LogP contribution in [0, 0.1) is 0 Å². The van der Waals surface area contributed by atoms with Crippen LogP contribution in [0.15, 0.2) is 48.6 Å². The van der Waals surface area contributed by atoms with Gasteiger partial charge in [0.15, 0.2) is 0 Å². The molecule has 5 nitrogen and oxygen atoms in total. The highest BCUT2D eigenvalue weighted by Crippen LogP contribution is 2.34. The van der Waals surface area contributed by atoms with Crippen LogP contribution < -0.4 is 4.74 Å². The van der Waals surface area contributed by atoms with Crippen molar-refractivity contribution in [3.05, 3.63) is 54.1 Å². The van der Waals surface area contributed by atoms with Crippen molar-refractivity contribution in [2.24, 2.45) is 0 Å². The lowest BCUT2D eigenvalue weighted by molar-refractivity contribution is -0.145. The van der Waals surface area contributed by atoms with Gasteiger partial charge < -0.3 is 14.2 Å². The minimum absolute atomic E-state index is 0.00466. The van der Waals surface area contributed by atoms with Crippen molar-refractivity contribution >= 4 is 11.9 Å². The fraction of sp³-hybridized carbons (Fsp3) is 0.455. The molecular formula is C22H28O5. The Labute approximate surface area is 161 Å². The second kappa shape index (κ2) is 9.95. The van der Waals surface area contributed by atoms with Crippen molar-refractivity contribution in [2.75, 3.05) is 13.2 Å². The fourth-order valence-electron chi connectivity index (χ4n) is 3.02. The molecule has 1 fully saturated rings. The molecule has 1 aliphatic carbocycles. The molecule has 0 N–H and O–H groups in total. The molecule has 0 aromatic heterocycles. The Morgan fingerprint density at radius 1 is 0.926 bits per heavy atom. The summed E-state index contributed by atoms with van der Waals surface area (Å²) < 4.78 is 16.0. The third-order valence-corrected chi connectivity index (χ3v) is 4.58. The first kappa shape index (κ1) is 20.7. The maximum absolute atomic E-state index is 11.6. The number of rotatable bonds is 8. The molecule has 2 rings (SSSR count). The van der Waals surface area contributed by atoms with Gasteiger partial charge >= 0.3 is 11.9 Å². The molecule has 0 aliphatic heterocycles. The van der Waals surface area contributed by atoms with Crippen molar-refractivity contribution < 1.29 is 23.8 Å². The number of benzene rings is 1. The van der Waals surface area contributed by atoms with Crippen LogP contribution in [0.1, 0.15) is 51.0 Å². The maximum Gasteiger partial charge on any atom is 0.333 e. The lowest BCUT2D eigenvalue weighted by Gasteiger charge is -2.28. The molecule has 27 heavy (non-hydrogen) atoms. The summed E-state index contributed by atoms with van der Waals surface area (Å²) in [5, 5.41) is 0. The Morgan fingerprint density at radius 2 is 1.52 bits per heavy atom. The Hall–Kier alpha value is -2.56. The van der Waals surface area contributed by atoms with E-state index >= 15 is 0 Å². The van der Waals surface area contributed by atoms with Crippen LogP contribution in [0.2, 0.25) is 0 Å². The van der Waals surface area contributed by atoms with E-state index in [9.17, 15) is 9.59 Å². The van der Waals surface area contributed by atoms with Gasteiger partial charge in [0, 0.05) is 11.1 Å². The average Bonchev–Trinajstić information content (AvgIpc) is 2.66. The predicted molar refractivity (Wildman–Crippen MR) is 104 cm³/mol. The molecular weight excluding hydrogens is 344 g/mol. The van der Waals surface area contributed by atoms with Crippen molar-refractivity contribution in [2.45, 2.75) is 51.6 Å². The molecule has 0 heterocycles. The number of carbonyl (C=O) groups excluding carboxylic acids is 2. The predicted octanol–water partition coefficient (Wildman–Crippen LogP) is 4.33. The quantitative estimate of drug-likeness (QED) is 0.386. The number of esters is 2. The van der Waals surface area contributed by atoms with Crippen LogP contribution in [0.3, 0.4) is 0 Å². The molecule has 0 spiro atoms. The molecule has 146 valence electrons. The molecule has 1 aromatic carbocycles. The number of carbonyl (C=O) groups is 2. The van der Waals surface area contributed by atoms with Gasteiger partial charge in [0.1, 0.15) is 25.1 Å². The van der Waals surface area contributed by atoms with E-state index in [1.807, 2.05) is 12.1 Å². The topological polar surface area (TPSA) is 61.8 Å². The van der Waals surface area contributed by atoms with E-state index in [2.05, 4.69) is 25.3 Å². The van der Waals surface area contributed by atoms with E-state index in [1.54, 1.807) is 13.8 Å². The first-order valence-electron chi connectivity index (χ1n) is 9.28. The van der Waals surface area contributed by atoms with Gasteiger partial charge in [0.25, 0.3) is 0 Å². The largest absolute Gasteiger partial charge is 0.490 e. The molecule has 0 unspecified atom stereocenters. The van der Waals surface area contributed by atoms with Crippen LogP contribution >= 0.6 is 0 Å². The summed E-state index contributed by atoms with van der Waals surface area (Å²) in [6.45, 7) is 10.9.